The normalized spacial score (nSPS) is 11.6. The Morgan fingerprint density at radius 3 is 2.68 bits per heavy atom. The lowest BCUT2D eigenvalue weighted by Gasteiger charge is -2.17. The van der Waals surface area contributed by atoms with Crippen LogP contribution in [-0.4, -0.2) is 17.8 Å². The van der Waals surface area contributed by atoms with Gasteiger partial charge in [0.2, 0.25) is 0 Å². The summed E-state index contributed by atoms with van der Waals surface area (Å²) in [6.07, 6.45) is 0. The molecule has 0 aliphatic rings. The van der Waals surface area contributed by atoms with Gasteiger partial charge in [0, 0.05) is 5.69 Å². The number of para-hydroxylation sites is 1. The Bertz CT molecular complexity index is 639. The van der Waals surface area contributed by atoms with E-state index in [4.69, 9.17) is 28.6 Å². The van der Waals surface area contributed by atoms with Gasteiger partial charge in [-0.25, -0.2) is 4.39 Å². The van der Waals surface area contributed by atoms with Crippen molar-refractivity contribution in [3.05, 3.63) is 59.4 Å². The highest BCUT2D eigenvalue weighted by atomic mass is 35.5. The van der Waals surface area contributed by atoms with Gasteiger partial charge < -0.3 is 15.4 Å². The van der Waals surface area contributed by atoms with Gasteiger partial charge in [0.05, 0.1) is 11.1 Å². The Morgan fingerprint density at radius 1 is 1.27 bits per heavy atom. The highest BCUT2D eigenvalue weighted by molar-refractivity contribution is 7.80. The van der Waals surface area contributed by atoms with Crippen LogP contribution in [-0.2, 0) is 0 Å². The molecule has 2 rings (SSSR count). The first-order valence-electron chi connectivity index (χ1n) is 6.75. The van der Waals surface area contributed by atoms with Crippen molar-refractivity contribution in [1.82, 2.24) is 5.32 Å². The number of rotatable bonds is 5. The molecule has 3 nitrogen and oxygen atoms in total. The van der Waals surface area contributed by atoms with Crippen LogP contribution in [0.1, 0.15) is 6.92 Å². The number of halogens is 2. The molecule has 0 unspecified atom stereocenters. The molecule has 1 atom stereocenters. The van der Waals surface area contributed by atoms with E-state index in [1.54, 1.807) is 6.07 Å². The molecule has 0 aliphatic heterocycles. The van der Waals surface area contributed by atoms with Crippen LogP contribution in [0.3, 0.4) is 0 Å². The molecule has 22 heavy (non-hydrogen) atoms. The second-order valence-corrected chi connectivity index (χ2v) is 5.57. The number of anilines is 1. The van der Waals surface area contributed by atoms with Crippen molar-refractivity contribution in [2.24, 2.45) is 0 Å². The topological polar surface area (TPSA) is 33.3 Å². The molecule has 2 N–H and O–H groups in total. The van der Waals surface area contributed by atoms with E-state index in [0.717, 1.165) is 5.75 Å². The monoisotopic (exact) mass is 338 g/mol. The lowest BCUT2D eigenvalue weighted by atomic mass is 10.3. The third-order valence-corrected chi connectivity index (χ3v) is 3.31. The molecule has 0 fully saturated rings. The fourth-order valence-corrected chi connectivity index (χ4v) is 2.24. The third kappa shape index (κ3) is 5.16. The highest BCUT2D eigenvalue weighted by Crippen LogP contribution is 2.19. The Balaban J connectivity index is 1.79. The maximum atomic E-state index is 13.1. The maximum Gasteiger partial charge on any atom is 0.171 e. The van der Waals surface area contributed by atoms with Gasteiger partial charge in [0.1, 0.15) is 18.2 Å². The first-order chi connectivity index (χ1) is 10.5. The number of nitrogens with one attached hydrogen (secondary N) is 2. The summed E-state index contributed by atoms with van der Waals surface area (Å²) in [5.74, 6) is 0.344. The van der Waals surface area contributed by atoms with Crippen molar-refractivity contribution in [2.75, 3.05) is 11.9 Å². The zero-order chi connectivity index (χ0) is 15.9. The summed E-state index contributed by atoms with van der Waals surface area (Å²) >= 11 is 10.9. The Morgan fingerprint density at radius 2 is 2.00 bits per heavy atom. The van der Waals surface area contributed by atoms with E-state index in [2.05, 4.69) is 10.6 Å². The predicted octanol–water partition coefficient (Wildman–Crippen LogP) is 4.23. The highest BCUT2D eigenvalue weighted by Gasteiger charge is 2.07. The molecule has 2 aromatic rings. The second kappa shape index (κ2) is 7.96. The number of hydrogen-bond acceptors (Lipinski definition) is 2. The molecule has 0 heterocycles. The molecular formula is C16H16ClFN2OS. The molecule has 0 aliphatic carbocycles. The average molecular weight is 339 g/mol. The van der Waals surface area contributed by atoms with E-state index in [1.165, 1.54) is 12.1 Å². The third-order valence-electron chi connectivity index (χ3n) is 2.80. The van der Waals surface area contributed by atoms with Crippen molar-refractivity contribution < 1.29 is 9.13 Å². The molecule has 0 aromatic heterocycles. The first-order valence-corrected chi connectivity index (χ1v) is 7.53. The summed E-state index contributed by atoms with van der Waals surface area (Å²) < 4.78 is 18.7. The van der Waals surface area contributed by atoms with Crippen molar-refractivity contribution in [1.29, 1.82) is 0 Å². The zero-order valence-electron chi connectivity index (χ0n) is 12.0. The van der Waals surface area contributed by atoms with Gasteiger partial charge in [-0.2, -0.15) is 0 Å². The van der Waals surface area contributed by atoms with Crippen LogP contribution in [0.25, 0.3) is 0 Å². The molecule has 0 bridgehead atoms. The van der Waals surface area contributed by atoms with Crippen LogP contribution in [0.2, 0.25) is 5.02 Å². The number of thiocarbonyl (C=S) groups is 1. The molecule has 2 aromatic carbocycles. The van der Waals surface area contributed by atoms with Gasteiger partial charge in [-0.1, -0.05) is 29.8 Å². The largest absolute Gasteiger partial charge is 0.491 e. The minimum atomic E-state index is -0.462. The van der Waals surface area contributed by atoms with Gasteiger partial charge in [-0.15, -0.1) is 0 Å². The fourth-order valence-electron chi connectivity index (χ4n) is 1.74. The minimum Gasteiger partial charge on any atom is -0.491 e. The predicted molar refractivity (Wildman–Crippen MR) is 92.2 cm³/mol. The standard InChI is InChI=1S/C16H16ClFN2OS/c1-11(10-21-13-5-3-2-4-6-13)19-16(22)20-12-7-8-15(18)14(17)9-12/h2-9,11H,10H2,1H3,(H2,19,20,22)/t11-/m1/s1. The van der Waals surface area contributed by atoms with Crippen LogP contribution in [0.4, 0.5) is 10.1 Å². The molecule has 0 saturated heterocycles. The second-order valence-electron chi connectivity index (χ2n) is 4.75. The zero-order valence-corrected chi connectivity index (χ0v) is 13.5. The fraction of sp³-hybridized carbons (Fsp3) is 0.188. The van der Waals surface area contributed by atoms with Gasteiger partial charge in [0.25, 0.3) is 0 Å². The summed E-state index contributed by atoms with van der Waals surface area (Å²) in [4.78, 5) is 0. The smallest absolute Gasteiger partial charge is 0.171 e. The average Bonchev–Trinajstić information content (AvgIpc) is 2.50. The first kappa shape index (κ1) is 16.5. The molecule has 0 radical (unpaired) electrons. The number of benzene rings is 2. The summed E-state index contributed by atoms with van der Waals surface area (Å²) in [6.45, 7) is 2.42. The van der Waals surface area contributed by atoms with Gasteiger partial charge in [-0.05, 0) is 49.5 Å². The Kier molecular flexibility index (Phi) is 5.98. The summed E-state index contributed by atoms with van der Waals surface area (Å²) in [5.41, 5.74) is 0.625. The molecule has 116 valence electrons. The van der Waals surface area contributed by atoms with Crippen molar-refractivity contribution in [2.45, 2.75) is 13.0 Å². The van der Waals surface area contributed by atoms with Crippen LogP contribution in [0.15, 0.2) is 48.5 Å². The molecule has 6 heteroatoms. The summed E-state index contributed by atoms with van der Waals surface area (Å²) in [5, 5.41) is 6.52. The number of hydrogen-bond donors (Lipinski definition) is 2. The van der Waals surface area contributed by atoms with E-state index < -0.39 is 5.82 Å². The number of ether oxygens (including phenoxy) is 1. The van der Waals surface area contributed by atoms with E-state index in [-0.39, 0.29) is 11.1 Å². The van der Waals surface area contributed by atoms with E-state index in [1.807, 2.05) is 37.3 Å². The lowest BCUT2D eigenvalue weighted by molar-refractivity contribution is 0.287. The van der Waals surface area contributed by atoms with Gasteiger partial charge >= 0.3 is 0 Å². The van der Waals surface area contributed by atoms with E-state index in [9.17, 15) is 4.39 Å². The van der Waals surface area contributed by atoms with Crippen LogP contribution in [0, 0.1) is 5.82 Å². The Labute approximate surface area is 139 Å². The Hall–Kier alpha value is -1.85. The SMILES string of the molecule is C[C@H](COc1ccccc1)NC(=S)Nc1ccc(F)c(Cl)c1. The van der Waals surface area contributed by atoms with Crippen molar-refractivity contribution in [3.63, 3.8) is 0 Å². The van der Waals surface area contributed by atoms with Crippen molar-refractivity contribution in [3.8, 4) is 5.75 Å². The van der Waals surface area contributed by atoms with Gasteiger partial charge in [-0.3, -0.25) is 0 Å². The maximum absolute atomic E-state index is 13.1. The van der Waals surface area contributed by atoms with Crippen LogP contribution < -0.4 is 15.4 Å². The van der Waals surface area contributed by atoms with Crippen molar-refractivity contribution >= 4 is 34.6 Å². The summed E-state index contributed by atoms with van der Waals surface area (Å²) in [7, 11) is 0. The molecule has 0 spiro atoms. The summed E-state index contributed by atoms with van der Waals surface area (Å²) in [6, 6.07) is 13.9. The minimum absolute atomic E-state index is 0.0103. The lowest BCUT2D eigenvalue weighted by Crippen LogP contribution is -2.39. The van der Waals surface area contributed by atoms with E-state index >= 15 is 0 Å². The molecular weight excluding hydrogens is 323 g/mol. The molecule has 0 saturated carbocycles. The quantitative estimate of drug-likeness (QED) is 0.799. The van der Waals surface area contributed by atoms with Crippen LogP contribution >= 0.6 is 23.8 Å². The van der Waals surface area contributed by atoms with E-state index in [0.29, 0.717) is 17.4 Å². The molecule has 0 amide bonds. The van der Waals surface area contributed by atoms with Crippen LogP contribution in [0.5, 0.6) is 5.75 Å². The van der Waals surface area contributed by atoms with Gasteiger partial charge in [0.15, 0.2) is 5.11 Å².